The second-order valence-electron chi connectivity index (χ2n) is 5.38. The van der Waals surface area contributed by atoms with Gasteiger partial charge < -0.3 is 5.32 Å². The van der Waals surface area contributed by atoms with Gasteiger partial charge in [0, 0.05) is 11.4 Å². The van der Waals surface area contributed by atoms with E-state index in [4.69, 9.17) is 0 Å². The minimum absolute atomic E-state index is 0.0473. The van der Waals surface area contributed by atoms with E-state index in [-0.39, 0.29) is 17.4 Å². The van der Waals surface area contributed by atoms with Gasteiger partial charge in [-0.05, 0) is 24.1 Å². The molecule has 2 rings (SSSR count). The lowest BCUT2D eigenvalue weighted by Crippen LogP contribution is -2.27. The van der Waals surface area contributed by atoms with Gasteiger partial charge in [-0.1, -0.05) is 48.5 Å². The predicted octanol–water partition coefficient (Wildman–Crippen LogP) is 2.90. The molecule has 0 fully saturated rings. The molecule has 0 atom stereocenters. The number of benzene rings is 2. The number of nitrogens with one attached hydrogen (secondary N) is 1. The average Bonchev–Trinajstić information content (AvgIpc) is 2.58. The van der Waals surface area contributed by atoms with Crippen molar-refractivity contribution in [2.45, 2.75) is 17.1 Å². The molecule has 2 aromatic carbocycles. The van der Waals surface area contributed by atoms with Gasteiger partial charge >= 0.3 is 0 Å². The quantitative estimate of drug-likeness (QED) is 0.550. The van der Waals surface area contributed by atoms with Crippen molar-refractivity contribution >= 4 is 27.5 Å². The lowest BCUT2D eigenvalue weighted by molar-refractivity contribution is -0.118. The van der Waals surface area contributed by atoms with E-state index in [1.165, 1.54) is 11.8 Å². The average molecular weight is 364 g/mol. The van der Waals surface area contributed by atoms with Crippen LogP contribution in [0.25, 0.3) is 0 Å². The predicted molar refractivity (Wildman–Crippen MR) is 98.7 cm³/mol. The minimum atomic E-state index is -3.14. The number of carbonyl (C=O) groups excluding carboxylic acids is 1. The van der Waals surface area contributed by atoms with Crippen molar-refractivity contribution in [1.29, 1.82) is 0 Å². The molecule has 0 radical (unpaired) electrons. The lowest BCUT2D eigenvalue weighted by atomic mass is 10.2. The minimum Gasteiger partial charge on any atom is -0.355 e. The fraction of sp³-hybridized carbons (Fsp3) is 0.278. The van der Waals surface area contributed by atoms with E-state index in [9.17, 15) is 13.2 Å². The summed E-state index contributed by atoms with van der Waals surface area (Å²) in [5.74, 6) is 0.379. The monoisotopic (exact) mass is 363 g/mol. The Morgan fingerprint density at radius 2 is 1.58 bits per heavy atom. The zero-order valence-corrected chi connectivity index (χ0v) is 15.0. The third-order valence-electron chi connectivity index (χ3n) is 3.30. The third kappa shape index (κ3) is 7.19. The molecule has 0 heterocycles. The van der Waals surface area contributed by atoms with E-state index in [0.717, 1.165) is 10.5 Å². The summed E-state index contributed by atoms with van der Waals surface area (Å²) in [7, 11) is -3.14. The van der Waals surface area contributed by atoms with Crippen molar-refractivity contribution in [2.24, 2.45) is 0 Å². The number of sulfone groups is 1. The van der Waals surface area contributed by atoms with Crippen LogP contribution in [0.3, 0.4) is 0 Å². The topological polar surface area (TPSA) is 63.2 Å². The molecule has 6 heteroatoms. The van der Waals surface area contributed by atoms with E-state index < -0.39 is 9.84 Å². The maximum Gasteiger partial charge on any atom is 0.230 e. The molecule has 1 amide bonds. The number of hydrogen-bond donors (Lipinski definition) is 1. The Kier molecular flexibility index (Phi) is 7.34. The van der Waals surface area contributed by atoms with Crippen LogP contribution >= 0.6 is 11.8 Å². The Labute approximate surface area is 147 Å². The van der Waals surface area contributed by atoms with Crippen molar-refractivity contribution in [2.75, 3.05) is 18.1 Å². The standard InChI is InChI=1S/C18H21NO3S2/c20-18(14-23-17-10-5-2-6-11-17)19-12-7-13-24(21,22)15-16-8-3-1-4-9-16/h1-6,8-11H,7,12-15H2,(H,19,20). The number of thioether (sulfide) groups is 1. The summed E-state index contributed by atoms with van der Waals surface area (Å²) in [5.41, 5.74) is 0.792. The first-order chi connectivity index (χ1) is 11.6. The van der Waals surface area contributed by atoms with Crippen molar-refractivity contribution < 1.29 is 13.2 Å². The van der Waals surface area contributed by atoms with Crippen LogP contribution < -0.4 is 5.32 Å². The van der Waals surface area contributed by atoms with Crippen LogP contribution in [-0.4, -0.2) is 32.4 Å². The third-order valence-corrected chi connectivity index (χ3v) is 5.99. The van der Waals surface area contributed by atoms with Gasteiger partial charge in [0.15, 0.2) is 9.84 Å². The molecule has 0 saturated carbocycles. The molecule has 2 aromatic rings. The number of amides is 1. The Balaban J connectivity index is 1.64. The molecule has 0 spiro atoms. The number of rotatable bonds is 9. The summed E-state index contributed by atoms with van der Waals surface area (Å²) in [5, 5.41) is 2.77. The molecule has 0 aliphatic carbocycles. The lowest BCUT2D eigenvalue weighted by Gasteiger charge is -2.07. The zero-order valence-electron chi connectivity index (χ0n) is 13.4. The van der Waals surface area contributed by atoms with Crippen molar-refractivity contribution in [3.05, 3.63) is 66.2 Å². The Morgan fingerprint density at radius 1 is 0.958 bits per heavy atom. The summed E-state index contributed by atoms with van der Waals surface area (Å²) < 4.78 is 24.1. The fourth-order valence-electron chi connectivity index (χ4n) is 2.14. The summed E-state index contributed by atoms with van der Waals surface area (Å²) in [6.07, 6.45) is 0.427. The highest BCUT2D eigenvalue weighted by Crippen LogP contribution is 2.16. The summed E-state index contributed by atoms with van der Waals surface area (Å²) >= 11 is 1.46. The molecule has 0 saturated heterocycles. The van der Waals surface area contributed by atoms with Crippen LogP contribution in [0.5, 0.6) is 0 Å². The smallest absolute Gasteiger partial charge is 0.230 e. The van der Waals surface area contributed by atoms with Crippen LogP contribution in [0.4, 0.5) is 0 Å². The fourth-order valence-corrected chi connectivity index (χ4v) is 4.32. The second kappa shape index (κ2) is 9.49. The molecular formula is C18H21NO3S2. The number of carbonyl (C=O) groups is 1. The molecule has 0 bridgehead atoms. The SMILES string of the molecule is O=C(CSc1ccccc1)NCCCS(=O)(=O)Cc1ccccc1. The van der Waals surface area contributed by atoms with Gasteiger partial charge in [-0.25, -0.2) is 8.42 Å². The van der Waals surface area contributed by atoms with Gasteiger partial charge in [-0.2, -0.15) is 0 Å². The molecule has 0 aliphatic rings. The molecule has 24 heavy (non-hydrogen) atoms. The van der Waals surface area contributed by atoms with Gasteiger partial charge in [0.25, 0.3) is 0 Å². The van der Waals surface area contributed by atoms with Crippen LogP contribution in [-0.2, 0) is 20.4 Å². The Hall–Kier alpha value is -1.79. The zero-order chi connectivity index (χ0) is 17.3. The van der Waals surface area contributed by atoms with E-state index in [1.807, 2.05) is 48.5 Å². The highest BCUT2D eigenvalue weighted by Gasteiger charge is 2.11. The van der Waals surface area contributed by atoms with Gasteiger partial charge in [0.1, 0.15) is 0 Å². The van der Waals surface area contributed by atoms with E-state index in [2.05, 4.69) is 5.32 Å². The highest BCUT2D eigenvalue weighted by atomic mass is 32.2. The van der Waals surface area contributed by atoms with E-state index in [1.54, 1.807) is 12.1 Å². The van der Waals surface area contributed by atoms with Gasteiger partial charge in [0.05, 0.1) is 17.3 Å². The number of hydrogen-bond acceptors (Lipinski definition) is 4. The van der Waals surface area contributed by atoms with Crippen LogP contribution in [0, 0.1) is 0 Å². The van der Waals surface area contributed by atoms with Crippen molar-refractivity contribution in [3.63, 3.8) is 0 Å². The first-order valence-electron chi connectivity index (χ1n) is 7.74. The maximum absolute atomic E-state index is 12.0. The normalized spacial score (nSPS) is 11.2. The second-order valence-corrected chi connectivity index (χ2v) is 8.62. The molecule has 0 aromatic heterocycles. The van der Waals surface area contributed by atoms with Crippen LogP contribution in [0.2, 0.25) is 0 Å². The first-order valence-corrected chi connectivity index (χ1v) is 10.5. The first kappa shape index (κ1) is 18.5. The van der Waals surface area contributed by atoms with E-state index in [0.29, 0.717) is 18.7 Å². The van der Waals surface area contributed by atoms with E-state index >= 15 is 0 Å². The van der Waals surface area contributed by atoms with Crippen molar-refractivity contribution in [1.82, 2.24) is 5.32 Å². The summed E-state index contributed by atoms with van der Waals surface area (Å²) in [6.45, 7) is 0.377. The molecule has 128 valence electrons. The van der Waals surface area contributed by atoms with Crippen LogP contribution in [0.1, 0.15) is 12.0 Å². The maximum atomic E-state index is 12.0. The molecule has 4 nitrogen and oxygen atoms in total. The molecule has 0 aliphatic heterocycles. The van der Waals surface area contributed by atoms with Gasteiger partial charge in [-0.3, -0.25) is 4.79 Å². The van der Waals surface area contributed by atoms with Crippen molar-refractivity contribution in [3.8, 4) is 0 Å². The Morgan fingerprint density at radius 3 is 2.25 bits per heavy atom. The molecule has 0 unspecified atom stereocenters. The van der Waals surface area contributed by atoms with Gasteiger partial charge in [-0.15, -0.1) is 11.8 Å². The van der Waals surface area contributed by atoms with Crippen LogP contribution in [0.15, 0.2) is 65.6 Å². The Bertz CT molecular complexity index is 731. The molecular weight excluding hydrogens is 342 g/mol. The molecule has 1 N–H and O–H groups in total. The van der Waals surface area contributed by atoms with Gasteiger partial charge in [0.2, 0.25) is 5.91 Å². The summed E-state index contributed by atoms with van der Waals surface area (Å²) in [4.78, 5) is 12.8. The highest BCUT2D eigenvalue weighted by molar-refractivity contribution is 8.00. The summed E-state index contributed by atoms with van der Waals surface area (Å²) in [6, 6.07) is 18.8. The largest absolute Gasteiger partial charge is 0.355 e.